The second-order valence-electron chi connectivity index (χ2n) is 6.34. The molecular weight excluding hydrogens is 388 g/mol. The normalized spacial score (nSPS) is 11.1. The molecule has 0 bridgehead atoms. The highest BCUT2D eigenvalue weighted by Crippen LogP contribution is 2.38. The fraction of sp³-hybridized carbons (Fsp3) is 0.0455. The second kappa shape index (κ2) is 7.03. The Hall–Kier alpha value is -3.71. The smallest absolute Gasteiger partial charge is 0.376 e. The van der Waals surface area contributed by atoms with Crippen molar-refractivity contribution in [2.24, 2.45) is 0 Å². The number of thiophene rings is 1. The van der Waals surface area contributed by atoms with Crippen molar-refractivity contribution in [1.29, 1.82) is 0 Å². The number of ether oxygens (including phenoxy) is 2. The molecule has 5 aromatic rings. The molecule has 29 heavy (non-hydrogen) atoms. The Morgan fingerprint density at radius 2 is 2.00 bits per heavy atom. The SMILES string of the molecule is COC(=O)c1cc(-c2ccc3cc(Oc4cccc5ccncc45)sc3c2)no1. The zero-order valence-electron chi connectivity index (χ0n) is 15.3. The van der Waals surface area contributed by atoms with Gasteiger partial charge in [0.05, 0.1) is 7.11 Å². The van der Waals surface area contributed by atoms with E-state index in [-0.39, 0.29) is 5.76 Å². The first kappa shape index (κ1) is 17.4. The summed E-state index contributed by atoms with van der Waals surface area (Å²) in [5, 5.41) is 7.84. The van der Waals surface area contributed by atoms with Gasteiger partial charge in [0.2, 0.25) is 5.76 Å². The molecule has 0 unspecified atom stereocenters. The average molecular weight is 402 g/mol. The lowest BCUT2D eigenvalue weighted by Crippen LogP contribution is -1.98. The van der Waals surface area contributed by atoms with Gasteiger partial charge in [0.15, 0.2) is 5.06 Å². The van der Waals surface area contributed by atoms with Crippen LogP contribution in [0.3, 0.4) is 0 Å². The van der Waals surface area contributed by atoms with Crippen LogP contribution < -0.4 is 4.74 Å². The van der Waals surface area contributed by atoms with Crippen LogP contribution in [0.5, 0.6) is 10.8 Å². The van der Waals surface area contributed by atoms with Gasteiger partial charge in [0.1, 0.15) is 11.4 Å². The highest BCUT2D eigenvalue weighted by Gasteiger charge is 2.15. The summed E-state index contributed by atoms with van der Waals surface area (Å²) in [6.45, 7) is 0. The van der Waals surface area contributed by atoms with Gasteiger partial charge in [-0.3, -0.25) is 4.98 Å². The molecule has 0 saturated heterocycles. The van der Waals surface area contributed by atoms with Gasteiger partial charge in [0, 0.05) is 40.2 Å². The van der Waals surface area contributed by atoms with Crippen LogP contribution >= 0.6 is 11.3 Å². The molecule has 0 amide bonds. The van der Waals surface area contributed by atoms with Crippen molar-refractivity contribution in [2.75, 3.05) is 7.11 Å². The molecule has 0 fully saturated rings. The third-order valence-electron chi connectivity index (χ3n) is 4.54. The minimum atomic E-state index is -0.554. The number of methoxy groups -OCH3 is 1. The quantitative estimate of drug-likeness (QED) is 0.360. The number of rotatable bonds is 4. The van der Waals surface area contributed by atoms with Crippen molar-refractivity contribution in [2.45, 2.75) is 0 Å². The molecule has 7 heteroatoms. The Morgan fingerprint density at radius 1 is 1.07 bits per heavy atom. The topological polar surface area (TPSA) is 74.5 Å². The van der Waals surface area contributed by atoms with E-state index in [1.807, 2.05) is 48.5 Å². The van der Waals surface area contributed by atoms with E-state index in [1.165, 1.54) is 18.4 Å². The van der Waals surface area contributed by atoms with Gasteiger partial charge in [0.25, 0.3) is 0 Å². The fourth-order valence-corrected chi connectivity index (χ4v) is 4.07. The van der Waals surface area contributed by atoms with Gasteiger partial charge in [-0.1, -0.05) is 40.8 Å². The third kappa shape index (κ3) is 3.21. The molecule has 0 atom stereocenters. The number of benzene rings is 2. The number of carbonyl (C=O) groups is 1. The molecule has 0 saturated carbocycles. The zero-order chi connectivity index (χ0) is 19.8. The fourth-order valence-electron chi connectivity index (χ4n) is 3.11. The minimum absolute atomic E-state index is 0.0716. The summed E-state index contributed by atoms with van der Waals surface area (Å²) in [5.74, 6) is 0.283. The van der Waals surface area contributed by atoms with Crippen LogP contribution in [0.1, 0.15) is 10.6 Å². The molecule has 3 heterocycles. The molecule has 5 rings (SSSR count). The maximum absolute atomic E-state index is 11.6. The monoisotopic (exact) mass is 402 g/mol. The first-order chi connectivity index (χ1) is 14.2. The molecule has 142 valence electrons. The van der Waals surface area contributed by atoms with Crippen LogP contribution in [-0.2, 0) is 4.74 Å². The number of carbonyl (C=O) groups excluding carboxylic acids is 1. The number of pyridine rings is 1. The number of fused-ring (bicyclic) bond motifs is 2. The molecule has 0 N–H and O–H groups in total. The number of esters is 1. The van der Waals surface area contributed by atoms with Gasteiger partial charge in [-0.2, -0.15) is 0 Å². The Morgan fingerprint density at radius 3 is 2.90 bits per heavy atom. The summed E-state index contributed by atoms with van der Waals surface area (Å²) in [7, 11) is 1.30. The van der Waals surface area contributed by atoms with Crippen LogP contribution in [0.4, 0.5) is 0 Å². The lowest BCUT2D eigenvalue weighted by molar-refractivity contribution is 0.0554. The molecule has 2 aromatic carbocycles. The molecule has 3 aromatic heterocycles. The first-order valence-electron chi connectivity index (χ1n) is 8.81. The number of hydrogen-bond donors (Lipinski definition) is 0. The summed E-state index contributed by atoms with van der Waals surface area (Å²) in [4.78, 5) is 15.8. The predicted octanol–water partition coefficient (Wildman–Crippen LogP) is 5.68. The lowest BCUT2D eigenvalue weighted by atomic mass is 10.1. The zero-order valence-corrected chi connectivity index (χ0v) is 16.1. The predicted molar refractivity (Wildman–Crippen MR) is 110 cm³/mol. The van der Waals surface area contributed by atoms with E-state index in [0.717, 1.165) is 37.2 Å². The van der Waals surface area contributed by atoms with Gasteiger partial charge < -0.3 is 14.0 Å². The summed E-state index contributed by atoms with van der Waals surface area (Å²) >= 11 is 1.53. The van der Waals surface area contributed by atoms with Gasteiger partial charge in [-0.25, -0.2) is 4.79 Å². The van der Waals surface area contributed by atoms with E-state index in [4.69, 9.17) is 9.26 Å². The van der Waals surface area contributed by atoms with Crippen molar-refractivity contribution in [3.63, 3.8) is 0 Å². The van der Waals surface area contributed by atoms with E-state index < -0.39 is 5.97 Å². The first-order valence-corrected chi connectivity index (χ1v) is 9.62. The second-order valence-corrected chi connectivity index (χ2v) is 7.39. The molecule has 6 nitrogen and oxygen atoms in total. The molecule has 0 radical (unpaired) electrons. The summed E-state index contributed by atoms with van der Waals surface area (Å²) in [6.07, 6.45) is 3.57. The molecule has 0 aliphatic heterocycles. The Balaban J connectivity index is 1.48. The van der Waals surface area contributed by atoms with E-state index in [1.54, 1.807) is 18.5 Å². The van der Waals surface area contributed by atoms with Crippen molar-refractivity contribution >= 4 is 38.2 Å². The third-order valence-corrected chi connectivity index (χ3v) is 5.52. The number of aromatic nitrogens is 2. The van der Waals surface area contributed by atoms with Gasteiger partial charge >= 0.3 is 5.97 Å². The van der Waals surface area contributed by atoms with Crippen LogP contribution in [0.2, 0.25) is 0 Å². The molecular formula is C22H14N2O4S. The van der Waals surface area contributed by atoms with Crippen LogP contribution in [-0.4, -0.2) is 23.2 Å². The number of hydrogen-bond acceptors (Lipinski definition) is 7. The van der Waals surface area contributed by atoms with Crippen molar-refractivity contribution in [1.82, 2.24) is 10.1 Å². The van der Waals surface area contributed by atoms with E-state index >= 15 is 0 Å². The number of nitrogens with zero attached hydrogens (tertiary/aromatic N) is 2. The summed E-state index contributed by atoms with van der Waals surface area (Å²) in [5.41, 5.74) is 1.42. The van der Waals surface area contributed by atoms with Crippen LogP contribution in [0.15, 0.2) is 71.5 Å². The van der Waals surface area contributed by atoms with E-state index in [0.29, 0.717) is 5.69 Å². The molecule has 0 aliphatic rings. The maximum Gasteiger partial charge on any atom is 0.376 e. The Labute approximate surface area is 169 Å². The molecule has 0 spiro atoms. The van der Waals surface area contributed by atoms with Gasteiger partial charge in [-0.15, -0.1) is 0 Å². The largest absolute Gasteiger partial charge is 0.463 e. The van der Waals surface area contributed by atoms with Crippen molar-refractivity contribution in [3.8, 4) is 22.1 Å². The summed E-state index contributed by atoms with van der Waals surface area (Å²) in [6, 6.07) is 17.4. The Bertz CT molecular complexity index is 1350. The van der Waals surface area contributed by atoms with Crippen molar-refractivity contribution < 1.29 is 18.8 Å². The highest BCUT2D eigenvalue weighted by molar-refractivity contribution is 7.20. The van der Waals surface area contributed by atoms with E-state index in [2.05, 4.69) is 14.9 Å². The maximum atomic E-state index is 11.6. The summed E-state index contributed by atoms with van der Waals surface area (Å²) < 4.78 is 16.9. The van der Waals surface area contributed by atoms with Gasteiger partial charge in [-0.05, 0) is 29.0 Å². The lowest BCUT2D eigenvalue weighted by Gasteiger charge is -2.06. The molecule has 0 aliphatic carbocycles. The highest BCUT2D eigenvalue weighted by atomic mass is 32.1. The Kier molecular flexibility index (Phi) is 4.22. The van der Waals surface area contributed by atoms with Crippen molar-refractivity contribution in [3.05, 3.63) is 72.8 Å². The standard InChI is InChI=1S/C22H14N2O4S/c1-26-22(25)19-11-17(24-28-19)14-5-6-15-10-21(29-20(15)9-14)27-18-4-2-3-13-7-8-23-12-16(13)18/h2-12H,1H3. The van der Waals surface area contributed by atoms with E-state index in [9.17, 15) is 4.79 Å². The minimum Gasteiger partial charge on any atom is -0.463 e. The van der Waals surface area contributed by atoms with Crippen LogP contribution in [0, 0.1) is 0 Å². The van der Waals surface area contributed by atoms with Crippen LogP contribution in [0.25, 0.3) is 32.1 Å². The average Bonchev–Trinajstić information content (AvgIpc) is 3.40.